The van der Waals surface area contributed by atoms with Gasteiger partial charge in [-0.3, -0.25) is 4.98 Å². The van der Waals surface area contributed by atoms with Gasteiger partial charge in [0, 0.05) is 24.3 Å². The minimum absolute atomic E-state index is 0.127. The smallest absolute Gasteiger partial charge is 0.422 e. The topological polar surface area (TPSA) is 34.2 Å². The standard InChI is InChI=1S/C12H11F3N2O/c1-16-9-5-6-17-11-8(9)3-2-4-10(11)18-7-12(13,14)15/h2-6H,7H2,1H3,(H,16,17). The van der Waals surface area contributed by atoms with Crippen molar-refractivity contribution in [1.82, 2.24) is 4.98 Å². The van der Waals surface area contributed by atoms with Gasteiger partial charge in [0.15, 0.2) is 6.61 Å². The van der Waals surface area contributed by atoms with Crippen molar-refractivity contribution in [2.75, 3.05) is 19.0 Å². The van der Waals surface area contributed by atoms with E-state index in [0.717, 1.165) is 11.1 Å². The van der Waals surface area contributed by atoms with Crippen molar-refractivity contribution >= 4 is 16.6 Å². The van der Waals surface area contributed by atoms with Crippen LogP contribution in [0.2, 0.25) is 0 Å². The molecular formula is C12H11F3N2O. The fourth-order valence-corrected chi connectivity index (χ4v) is 1.64. The van der Waals surface area contributed by atoms with E-state index in [4.69, 9.17) is 4.74 Å². The Labute approximate surface area is 102 Å². The van der Waals surface area contributed by atoms with Gasteiger partial charge in [-0.1, -0.05) is 12.1 Å². The number of halogens is 3. The zero-order chi connectivity index (χ0) is 13.2. The van der Waals surface area contributed by atoms with Gasteiger partial charge in [0.25, 0.3) is 0 Å². The lowest BCUT2D eigenvalue weighted by molar-refractivity contribution is -0.153. The maximum atomic E-state index is 12.1. The Morgan fingerprint density at radius 1 is 1.28 bits per heavy atom. The van der Waals surface area contributed by atoms with Crippen molar-refractivity contribution in [2.24, 2.45) is 0 Å². The Hall–Kier alpha value is -1.98. The van der Waals surface area contributed by atoms with Gasteiger partial charge >= 0.3 is 6.18 Å². The first kappa shape index (κ1) is 12.5. The minimum Gasteiger partial charge on any atom is -0.482 e. The molecule has 3 nitrogen and oxygen atoms in total. The van der Waals surface area contributed by atoms with Gasteiger partial charge in [0.2, 0.25) is 0 Å². The third-order valence-electron chi connectivity index (χ3n) is 2.39. The number of para-hydroxylation sites is 1. The molecule has 0 saturated heterocycles. The first-order valence-corrected chi connectivity index (χ1v) is 5.26. The van der Waals surface area contributed by atoms with Gasteiger partial charge in [-0.15, -0.1) is 0 Å². The summed E-state index contributed by atoms with van der Waals surface area (Å²) < 4.78 is 41.2. The van der Waals surface area contributed by atoms with Crippen LogP contribution in [0.5, 0.6) is 5.75 Å². The zero-order valence-electron chi connectivity index (χ0n) is 9.58. The van der Waals surface area contributed by atoms with Gasteiger partial charge in [0.1, 0.15) is 11.3 Å². The van der Waals surface area contributed by atoms with Crippen LogP contribution < -0.4 is 10.1 Å². The largest absolute Gasteiger partial charge is 0.482 e. The maximum Gasteiger partial charge on any atom is 0.422 e. The maximum absolute atomic E-state index is 12.1. The number of pyridine rings is 1. The molecule has 1 heterocycles. The normalized spacial score (nSPS) is 11.6. The fourth-order valence-electron chi connectivity index (χ4n) is 1.64. The van der Waals surface area contributed by atoms with Crippen LogP contribution in [0.15, 0.2) is 30.5 Å². The lowest BCUT2D eigenvalue weighted by atomic mass is 10.2. The summed E-state index contributed by atoms with van der Waals surface area (Å²) in [6.07, 6.45) is -2.84. The van der Waals surface area contributed by atoms with Crippen LogP contribution in [0.1, 0.15) is 0 Å². The van der Waals surface area contributed by atoms with Crippen LogP contribution in [0.3, 0.4) is 0 Å². The number of alkyl halides is 3. The molecule has 1 N–H and O–H groups in total. The molecule has 0 saturated carbocycles. The van der Waals surface area contributed by atoms with E-state index in [1.165, 1.54) is 12.3 Å². The van der Waals surface area contributed by atoms with Crippen LogP contribution in [-0.2, 0) is 0 Å². The molecule has 0 bridgehead atoms. The molecule has 2 rings (SSSR count). The molecule has 0 unspecified atom stereocenters. The molecule has 18 heavy (non-hydrogen) atoms. The van der Waals surface area contributed by atoms with Crippen LogP contribution in [0.25, 0.3) is 10.9 Å². The monoisotopic (exact) mass is 256 g/mol. The highest BCUT2D eigenvalue weighted by Gasteiger charge is 2.28. The van der Waals surface area contributed by atoms with Crippen molar-refractivity contribution in [2.45, 2.75) is 6.18 Å². The number of hydrogen-bond donors (Lipinski definition) is 1. The predicted octanol–water partition coefficient (Wildman–Crippen LogP) is 3.22. The highest BCUT2D eigenvalue weighted by molar-refractivity contribution is 5.94. The van der Waals surface area contributed by atoms with Crippen LogP contribution >= 0.6 is 0 Å². The summed E-state index contributed by atoms with van der Waals surface area (Å²) in [7, 11) is 1.73. The number of nitrogens with zero attached hydrogens (tertiary/aromatic N) is 1. The molecule has 1 aromatic carbocycles. The first-order valence-electron chi connectivity index (χ1n) is 5.26. The minimum atomic E-state index is -4.36. The summed E-state index contributed by atoms with van der Waals surface area (Å²) in [5.74, 6) is 0.127. The summed E-state index contributed by atoms with van der Waals surface area (Å²) >= 11 is 0. The summed E-state index contributed by atoms with van der Waals surface area (Å²) in [6.45, 7) is -1.32. The van der Waals surface area contributed by atoms with Gasteiger partial charge in [-0.25, -0.2) is 0 Å². The van der Waals surface area contributed by atoms with Crippen LogP contribution in [-0.4, -0.2) is 24.8 Å². The van der Waals surface area contributed by atoms with E-state index < -0.39 is 12.8 Å². The Morgan fingerprint density at radius 3 is 2.72 bits per heavy atom. The molecule has 0 aliphatic heterocycles. The lowest BCUT2D eigenvalue weighted by Crippen LogP contribution is -2.19. The summed E-state index contributed by atoms with van der Waals surface area (Å²) in [5.41, 5.74) is 1.20. The SMILES string of the molecule is CNc1ccnc2c(OCC(F)(F)F)cccc12. The molecule has 6 heteroatoms. The number of ether oxygens (including phenoxy) is 1. The molecule has 0 fully saturated rings. The zero-order valence-corrected chi connectivity index (χ0v) is 9.58. The average Bonchev–Trinajstić information content (AvgIpc) is 2.34. The number of benzene rings is 1. The number of rotatable bonds is 3. The van der Waals surface area contributed by atoms with Crippen LogP contribution in [0.4, 0.5) is 18.9 Å². The molecule has 0 amide bonds. The molecular weight excluding hydrogens is 245 g/mol. The number of anilines is 1. The Kier molecular flexibility index (Phi) is 3.27. The van der Waals surface area contributed by atoms with E-state index in [9.17, 15) is 13.2 Å². The Morgan fingerprint density at radius 2 is 2.06 bits per heavy atom. The number of fused-ring (bicyclic) bond motifs is 1. The second-order valence-corrected chi connectivity index (χ2v) is 3.66. The second kappa shape index (κ2) is 4.72. The van der Waals surface area contributed by atoms with Crippen molar-refractivity contribution in [3.05, 3.63) is 30.5 Å². The number of aromatic nitrogens is 1. The quantitative estimate of drug-likeness (QED) is 0.915. The molecule has 0 aliphatic rings. The van der Waals surface area contributed by atoms with Crippen LogP contribution in [0, 0.1) is 0 Å². The van der Waals surface area contributed by atoms with Gasteiger partial charge in [0.05, 0.1) is 0 Å². The van der Waals surface area contributed by atoms with E-state index >= 15 is 0 Å². The molecule has 0 aliphatic carbocycles. The highest BCUT2D eigenvalue weighted by Crippen LogP contribution is 2.29. The summed E-state index contributed by atoms with van der Waals surface area (Å²) in [5, 5.41) is 3.67. The van der Waals surface area contributed by atoms with E-state index in [-0.39, 0.29) is 5.75 Å². The average molecular weight is 256 g/mol. The molecule has 2 aromatic rings. The van der Waals surface area contributed by atoms with E-state index in [2.05, 4.69) is 10.3 Å². The highest BCUT2D eigenvalue weighted by atomic mass is 19.4. The van der Waals surface area contributed by atoms with Gasteiger partial charge in [-0.2, -0.15) is 13.2 Å². The predicted molar refractivity (Wildman–Crippen MR) is 62.8 cm³/mol. The molecule has 0 radical (unpaired) electrons. The number of hydrogen-bond acceptors (Lipinski definition) is 3. The number of nitrogens with one attached hydrogen (secondary N) is 1. The molecule has 96 valence electrons. The van der Waals surface area contributed by atoms with E-state index in [1.807, 2.05) is 0 Å². The molecule has 1 aromatic heterocycles. The van der Waals surface area contributed by atoms with Crippen molar-refractivity contribution in [1.29, 1.82) is 0 Å². The van der Waals surface area contributed by atoms with Crippen molar-refractivity contribution in [3.8, 4) is 5.75 Å². The Balaban J connectivity index is 2.40. The molecule has 0 atom stereocenters. The van der Waals surface area contributed by atoms with E-state index in [0.29, 0.717) is 5.52 Å². The summed E-state index contributed by atoms with van der Waals surface area (Å²) in [6, 6.07) is 6.63. The fraction of sp³-hybridized carbons (Fsp3) is 0.250. The third kappa shape index (κ3) is 2.64. The van der Waals surface area contributed by atoms with Crippen molar-refractivity contribution in [3.63, 3.8) is 0 Å². The van der Waals surface area contributed by atoms with E-state index in [1.54, 1.807) is 25.2 Å². The summed E-state index contributed by atoms with van der Waals surface area (Å²) in [4.78, 5) is 4.06. The first-order chi connectivity index (χ1) is 8.51. The lowest BCUT2D eigenvalue weighted by Gasteiger charge is -2.12. The molecule has 0 spiro atoms. The Bertz CT molecular complexity index is 555. The van der Waals surface area contributed by atoms with Crippen molar-refractivity contribution < 1.29 is 17.9 Å². The van der Waals surface area contributed by atoms with Gasteiger partial charge < -0.3 is 10.1 Å². The third-order valence-corrected chi connectivity index (χ3v) is 2.39. The van der Waals surface area contributed by atoms with Gasteiger partial charge in [-0.05, 0) is 12.1 Å². The second-order valence-electron chi connectivity index (χ2n) is 3.66.